The minimum Gasteiger partial charge on any atom is -0.381 e. The number of aromatic nitrogens is 1. The molecular weight excluding hydrogens is 222 g/mol. The maximum Gasteiger partial charge on any atom is 0.0529 e. The van der Waals surface area contributed by atoms with E-state index in [4.69, 9.17) is 0 Å². The van der Waals surface area contributed by atoms with Gasteiger partial charge in [0.1, 0.15) is 0 Å². The van der Waals surface area contributed by atoms with Crippen LogP contribution in [0.4, 0.5) is 5.69 Å². The SMILES string of the molecule is Cc1ccc(NC2CCCC2C2CCCN2)cn1. The summed E-state index contributed by atoms with van der Waals surface area (Å²) in [6.45, 7) is 3.24. The number of hydrogen-bond acceptors (Lipinski definition) is 3. The Hall–Kier alpha value is -1.09. The van der Waals surface area contributed by atoms with E-state index in [1.807, 2.05) is 13.1 Å². The van der Waals surface area contributed by atoms with Gasteiger partial charge >= 0.3 is 0 Å². The van der Waals surface area contributed by atoms with Gasteiger partial charge < -0.3 is 10.6 Å². The fraction of sp³-hybridized carbons (Fsp3) is 0.667. The van der Waals surface area contributed by atoms with Gasteiger partial charge in [0.2, 0.25) is 0 Å². The van der Waals surface area contributed by atoms with Gasteiger partial charge in [-0.1, -0.05) is 6.42 Å². The summed E-state index contributed by atoms with van der Waals surface area (Å²) in [5, 5.41) is 7.36. The first-order chi connectivity index (χ1) is 8.83. The van der Waals surface area contributed by atoms with Crippen molar-refractivity contribution in [2.75, 3.05) is 11.9 Å². The van der Waals surface area contributed by atoms with Crippen molar-refractivity contribution in [3.8, 4) is 0 Å². The molecule has 3 nitrogen and oxygen atoms in total. The van der Waals surface area contributed by atoms with Crippen molar-refractivity contribution >= 4 is 5.69 Å². The monoisotopic (exact) mass is 245 g/mol. The molecule has 3 atom stereocenters. The van der Waals surface area contributed by atoms with Gasteiger partial charge in [-0.2, -0.15) is 0 Å². The van der Waals surface area contributed by atoms with E-state index in [1.165, 1.54) is 44.3 Å². The Bertz CT molecular complexity index is 381. The molecule has 1 aromatic heterocycles. The molecule has 2 heterocycles. The van der Waals surface area contributed by atoms with Crippen LogP contribution in [-0.2, 0) is 0 Å². The highest BCUT2D eigenvalue weighted by atomic mass is 15.0. The van der Waals surface area contributed by atoms with Crippen LogP contribution in [0.2, 0.25) is 0 Å². The molecule has 1 saturated carbocycles. The lowest BCUT2D eigenvalue weighted by Gasteiger charge is -2.27. The molecule has 3 heteroatoms. The van der Waals surface area contributed by atoms with E-state index < -0.39 is 0 Å². The maximum absolute atomic E-state index is 4.37. The molecule has 0 bridgehead atoms. The van der Waals surface area contributed by atoms with E-state index in [0.717, 1.165) is 17.7 Å². The van der Waals surface area contributed by atoms with Crippen LogP contribution >= 0.6 is 0 Å². The highest BCUT2D eigenvalue weighted by molar-refractivity contribution is 5.42. The van der Waals surface area contributed by atoms with Gasteiger partial charge in [-0.3, -0.25) is 4.98 Å². The van der Waals surface area contributed by atoms with Crippen LogP contribution in [0.1, 0.15) is 37.8 Å². The van der Waals surface area contributed by atoms with Crippen molar-refractivity contribution in [1.29, 1.82) is 0 Å². The molecule has 1 saturated heterocycles. The van der Waals surface area contributed by atoms with Crippen molar-refractivity contribution in [2.45, 2.75) is 51.1 Å². The van der Waals surface area contributed by atoms with E-state index in [9.17, 15) is 0 Å². The molecule has 2 aliphatic rings. The Balaban J connectivity index is 1.65. The second kappa shape index (κ2) is 5.27. The molecule has 0 aromatic carbocycles. The summed E-state index contributed by atoms with van der Waals surface area (Å²) in [6.07, 6.45) is 8.70. The van der Waals surface area contributed by atoms with Crippen LogP contribution in [0, 0.1) is 12.8 Å². The second-order valence-corrected chi connectivity index (χ2v) is 5.74. The Morgan fingerprint density at radius 1 is 1.22 bits per heavy atom. The van der Waals surface area contributed by atoms with Gasteiger partial charge in [-0.05, 0) is 57.2 Å². The van der Waals surface area contributed by atoms with Crippen LogP contribution in [-0.4, -0.2) is 23.6 Å². The molecule has 98 valence electrons. The van der Waals surface area contributed by atoms with Crippen LogP contribution in [0.5, 0.6) is 0 Å². The van der Waals surface area contributed by atoms with Crippen molar-refractivity contribution in [3.05, 3.63) is 24.0 Å². The smallest absolute Gasteiger partial charge is 0.0529 e. The lowest BCUT2D eigenvalue weighted by Crippen LogP contribution is -2.38. The van der Waals surface area contributed by atoms with Gasteiger partial charge in [0.25, 0.3) is 0 Å². The first-order valence-corrected chi connectivity index (χ1v) is 7.25. The molecule has 2 N–H and O–H groups in total. The van der Waals surface area contributed by atoms with Gasteiger partial charge in [0, 0.05) is 17.8 Å². The molecular formula is C15H23N3. The Morgan fingerprint density at radius 3 is 2.89 bits per heavy atom. The van der Waals surface area contributed by atoms with Gasteiger partial charge in [0.05, 0.1) is 11.9 Å². The van der Waals surface area contributed by atoms with Crippen LogP contribution < -0.4 is 10.6 Å². The minimum atomic E-state index is 0.630. The largest absolute Gasteiger partial charge is 0.381 e. The highest BCUT2D eigenvalue weighted by Crippen LogP contribution is 2.33. The van der Waals surface area contributed by atoms with Crippen LogP contribution in [0.15, 0.2) is 18.3 Å². The number of aryl methyl sites for hydroxylation is 1. The number of nitrogens with one attached hydrogen (secondary N) is 2. The first-order valence-electron chi connectivity index (χ1n) is 7.25. The van der Waals surface area contributed by atoms with E-state index in [-0.39, 0.29) is 0 Å². The molecule has 0 radical (unpaired) electrons. The summed E-state index contributed by atoms with van der Waals surface area (Å²) >= 11 is 0. The zero-order chi connectivity index (χ0) is 12.4. The highest BCUT2D eigenvalue weighted by Gasteiger charge is 2.34. The third kappa shape index (κ3) is 2.51. The lowest BCUT2D eigenvalue weighted by molar-refractivity contribution is 0.376. The summed E-state index contributed by atoms with van der Waals surface area (Å²) in [7, 11) is 0. The Morgan fingerprint density at radius 2 is 2.17 bits per heavy atom. The summed E-state index contributed by atoms with van der Waals surface area (Å²) in [5.41, 5.74) is 2.26. The molecule has 0 spiro atoms. The van der Waals surface area contributed by atoms with E-state index >= 15 is 0 Å². The maximum atomic E-state index is 4.37. The van der Waals surface area contributed by atoms with Crippen molar-refractivity contribution in [2.24, 2.45) is 5.92 Å². The lowest BCUT2D eigenvalue weighted by atomic mass is 9.93. The fourth-order valence-corrected chi connectivity index (χ4v) is 3.49. The number of pyridine rings is 1. The quantitative estimate of drug-likeness (QED) is 0.859. The normalized spacial score (nSPS) is 31.7. The summed E-state index contributed by atoms with van der Waals surface area (Å²) in [6, 6.07) is 5.61. The average molecular weight is 245 g/mol. The third-order valence-electron chi connectivity index (χ3n) is 4.45. The molecule has 0 amide bonds. The zero-order valence-electron chi connectivity index (χ0n) is 11.2. The third-order valence-corrected chi connectivity index (χ3v) is 4.45. The van der Waals surface area contributed by atoms with E-state index in [2.05, 4.69) is 27.8 Å². The van der Waals surface area contributed by atoms with Crippen LogP contribution in [0.3, 0.4) is 0 Å². The molecule has 3 unspecified atom stereocenters. The molecule has 1 aromatic rings. The van der Waals surface area contributed by atoms with Crippen LogP contribution in [0.25, 0.3) is 0 Å². The predicted octanol–water partition coefficient (Wildman–Crippen LogP) is 2.72. The van der Waals surface area contributed by atoms with E-state index in [0.29, 0.717) is 6.04 Å². The summed E-state index contributed by atoms with van der Waals surface area (Å²) in [4.78, 5) is 4.37. The second-order valence-electron chi connectivity index (χ2n) is 5.74. The fourth-order valence-electron chi connectivity index (χ4n) is 3.49. The Labute approximate surface area is 109 Å². The van der Waals surface area contributed by atoms with Crippen molar-refractivity contribution in [1.82, 2.24) is 10.3 Å². The summed E-state index contributed by atoms with van der Waals surface area (Å²) in [5.74, 6) is 0.800. The zero-order valence-corrected chi connectivity index (χ0v) is 11.2. The molecule has 18 heavy (non-hydrogen) atoms. The molecule has 3 rings (SSSR count). The Kier molecular flexibility index (Phi) is 3.50. The molecule has 2 fully saturated rings. The van der Waals surface area contributed by atoms with E-state index in [1.54, 1.807) is 0 Å². The minimum absolute atomic E-state index is 0.630. The number of hydrogen-bond donors (Lipinski definition) is 2. The van der Waals surface area contributed by atoms with Gasteiger partial charge in [-0.25, -0.2) is 0 Å². The average Bonchev–Trinajstić information content (AvgIpc) is 3.02. The standard InChI is InChI=1S/C15H23N3/c1-11-7-8-12(10-17-11)18-15-5-2-4-13(15)14-6-3-9-16-14/h7-8,10,13-16,18H,2-6,9H2,1H3. The number of nitrogens with zero attached hydrogens (tertiary/aromatic N) is 1. The molecule has 1 aliphatic carbocycles. The first kappa shape index (κ1) is 12.0. The predicted molar refractivity (Wildman–Crippen MR) is 74.8 cm³/mol. The topological polar surface area (TPSA) is 37.0 Å². The number of anilines is 1. The van der Waals surface area contributed by atoms with Crippen molar-refractivity contribution < 1.29 is 0 Å². The van der Waals surface area contributed by atoms with Gasteiger partial charge in [0.15, 0.2) is 0 Å². The van der Waals surface area contributed by atoms with Gasteiger partial charge in [-0.15, -0.1) is 0 Å². The summed E-state index contributed by atoms with van der Waals surface area (Å²) < 4.78 is 0. The number of rotatable bonds is 3. The van der Waals surface area contributed by atoms with Crippen molar-refractivity contribution in [3.63, 3.8) is 0 Å². The molecule has 1 aliphatic heterocycles.